The van der Waals surface area contributed by atoms with Crippen molar-refractivity contribution in [2.45, 2.75) is 6.54 Å². The van der Waals surface area contributed by atoms with Gasteiger partial charge in [0.1, 0.15) is 5.82 Å². The second-order valence-corrected chi connectivity index (χ2v) is 2.82. The Morgan fingerprint density at radius 3 is 2.91 bits per heavy atom. The average Bonchev–Trinajstić information content (AvgIpc) is 1.99. The van der Waals surface area contributed by atoms with Gasteiger partial charge in [-0.2, -0.15) is 0 Å². The number of nitrogens with zero attached hydrogens (tertiary/aromatic N) is 1. The van der Waals surface area contributed by atoms with E-state index in [2.05, 4.69) is 20.8 Å². The van der Waals surface area contributed by atoms with E-state index in [9.17, 15) is 4.39 Å². The van der Waals surface area contributed by atoms with Gasteiger partial charge in [0.2, 0.25) is 6.54 Å². The molecule has 0 aliphatic carbocycles. The van der Waals surface area contributed by atoms with Crippen molar-refractivity contribution in [3.05, 3.63) is 45.5 Å². The van der Waals surface area contributed by atoms with Gasteiger partial charge >= 0.3 is 0 Å². The minimum atomic E-state index is -0.314. The summed E-state index contributed by atoms with van der Waals surface area (Å²) in [7, 11) is 0. The van der Waals surface area contributed by atoms with E-state index in [1.165, 1.54) is 6.07 Å². The fourth-order valence-corrected chi connectivity index (χ4v) is 1.15. The lowest BCUT2D eigenvalue weighted by atomic mass is 10.2. The minimum Gasteiger partial charge on any atom is -0.312 e. The number of rotatable bonds is 1. The normalized spacial score (nSPS) is 9.18. The molecule has 0 N–H and O–H groups in total. The first-order chi connectivity index (χ1) is 5.25. The first-order valence-electron chi connectivity index (χ1n) is 3.02. The summed E-state index contributed by atoms with van der Waals surface area (Å²) in [6.07, 6.45) is 0. The molecule has 0 aliphatic rings. The van der Waals surface area contributed by atoms with E-state index in [4.69, 9.17) is 6.57 Å². The van der Waals surface area contributed by atoms with Crippen LogP contribution < -0.4 is 0 Å². The molecule has 0 aliphatic heterocycles. The first kappa shape index (κ1) is 8.22. The smallest absolute Gasteiger partial charge is 0.240 e. The third-order valence-corrected chi connectivity index (χ3v) is 2.17. The van der Waals surface area contributed by atoms with Crippen LogP contribution in [0.15, 0.2) is 22.7 Å². The molecule has 0 unspecified atom stereocenters. The Hall–Kier alpha value is -0.880. The molecule has 1 aromatic rings. The number of hydrogen-bond acceptors (Lipinski definition) is 0. The van der Waals surface area contributed by atoms with Crippen LogP contribution in [0.3, 0.4) is 0 Å². The van der Waals surface area contributed by atoms with Crippen LogP contribution in [0.1, 0.15) is 5.56 Å². The molecule has 0 bridgehead atoms. The van der Waals surface area contributed by atoms with Crippen LogP contribution in [0.2, 0.25) is 0 Å². The Bertz CT molecular complexity index is 303. The van der Waals surface area contributed by atoms with E-state index in [0.717, 1.165) is 0 Å². The Morgan fingerprint density at radius 2 is 2.27 bits per heavy atom. The maximum Gasteiger partial charge on any atom is 0.240 e. The Balaban J connectivity index is 3.08. The molecule has 0 aromatic heterocycles. The molecular weight excluding hydrogens is 209 g/mol. The molecule has 0 spiro atoms. The van der Waals surface area contributed by atoms with Crippen LogP contribution in [0.5, 0.6) is 0 Å². The third-order valence-electron chi connectivity index (χ3n) is 1.28. The largest absolute Gasteiger partial charge is 0.312 e. The van der Waals surface area contributed by atoms with E-state index >= 15 is 0 Å². The van der Waals surface area contributed by atoms with Gasteiger partial charge in [-0.3, -0.25) is 0 Å². The monoisotopic (exact) mass is 213 g/mol. The molecule has 56 valence electrons. The Labute approximate surface area is 72.8 Å². The summed E-state index contributed by atoms with van der Waals surface area (Å²) in [6.45, 7) is 6.81. The molecule has 0 atom stereocenters. The molecule has 0 radical (unpaired) electrons. The second-order valence-electron chi connectivity index (χ2n) is 2.03. The van der Waals surface area contributed by atoms with Gasteiger partial charge in [-0.25, -0.2) is 11.0 Å². The van der Waals surface area contributed by atoms with Gasteiger partial charge in [0.25, 0.3) is 0 Å². The predicted molar refractivity (Wildman–Crippen MR) is 44.4 cm³/mol. The number of hydrogen-bond donors (Lipinski definition) is 0. The van der Waals surface area contributed by atoms with E-state index < -0.39 is 0 Å². The summed E-state index contributed by atoms with van der Waals surface area (Å²) in [6, 6.07) is 4.68. The van der Waals surface area contributed by atoms with Crippen molar-refractivity contribution in [1.82, 2.24) is 0 Å². The standard InChI is InChI=1S/C8H5BrFN/c1-11-5-6-3-2-4-7(10)8(6)9/h2-4H,5H2. The van der Waals surface area contributed by atoms with Crippen LogP contribution in [0, 0.1) is 12.4 Å². The molecule has 0 heterocycles. The molecular formula is C8H5BrFN. The van der Waals surface area contributed by atoms with Gasteiger partial charge in [0, 0.05) is 5.56 Å². The van der Waals surface area contributed by atoms with Crippen LogP contribution >= 0.6 is 15.9 Å². The second kappa shape index (κ2) is 3.49. The minimum absolute atomic E-state index is 0.221. The van der Waals surface area contributed by atoms with Crippen molar-refractivity contribution in [2.24, 2.45) is 0 Å². The highest BCUT2D eigenvalue weighted by Gasteiger charge is 2.05. The van der Waals surface area contributed by atoms with E-state index in [0.29, 0.717) is 10.0 Å². The number of benzene rings is 1. The van der Waals surface area contributed by atoms with Crippen molar-refractivity contribution in [3.63, 3.8) is 0 Å². The van der Waals surface area contributed by atoms with Crippen LogP contribution in [0.25, 0.3) is 4.85 Å². The number of halogens is 2. The lowest BCUT2D eigenvalue weighted by Gasteiger charge is -1.96. The summed E-state index contributed by atoms with van der Waals surface area (Å²) >= 11 is 3.06. The lowest BCUT2D eigenvalue weighted by Crippen LogP contribution is -1.85. The van der Waals surface area contributed by atoms with Gasteiger partial charge in [0.15, 0.2) is 0 Å². The van der Waals surface area contributed by atoms with E-state index in [1.807, 2.05) is 0 Å². The lowest BCUT2D eigenvalue weighted by molar-refractivity contribution is 0.619. The molecule has 1 rings (SSSR count). The zero-order valence-corrected chi connectivity index (χ0v) is 7.23. The highest BCUT2D eigenvalue weighted by atomic mass is 79.9. The van der Waals surface area contributed by atoms with Crippen molar-refractivity contribution in [3.8, 4) is 0 Å². The molecule has 11 heavy (non-hydrogen) atoms. The van der Waals surface area contributed by atoms with Gasteiger partial charge in [0.05, 0.1) is 4.47 Å². The third kappa shape index (κ3) is 1.78. The van der Waals surface area contributed by atoms with Crippen molar-refractivity contribution in [1.29, 1.82) is 0 Å². The summed E-state index contributed by atoms with van der Waals surface area (Å²) in [5.74, 6) is -0.314. The van der Waals surface area contributed by atoms with Crippen LogP contribution in [-0.2, 0) is 6.54 Å². The first-order valence-corrected chi connectivity index (χ1v) is 3.81. The van der Waals surface area contributed by atoms with Gasteiger partial charge in [-0.1, -0.05) is 12.1 Å². The highest BCUT2D eigenvalue weighted by Crippen LogP contribution is 2.20. The van der Waals surface area contributed by atoms with Crippen LogP contribution in [0.4, 0.5) is 4.39 Å². The zero-order valence-electron chi connectivity index (χ0n) is 5.64. The Kier molecular flexibility index (Phi) is 2.61. The predicted octanol–water partition coefficient (Wildman–Crippen LogP) is 3.01. The quantitative estimate of drug-likeness (QED) is 0.633. The SMILES string of the molecule is [C-]#[N+]Cc1cccc(F)c1Br. The van der Waals surface area contributed by atoms with Crippen molar-refractivity contribution < 1.29 is 4.39 Å². The van der Waals surface area contributed by atoms with Gasteiger partial charge < -0.3 is 4.85 Å². The summed E-state index contributed by atoms with van der Waals surface area (Å²) in [5.41, 5.74) is 0.694. The molecule has 0 amide bonds. The summed E-state index contributed by atoms with van der Waals surface area (Å²) < 4.78 is 13.2. The molecule has 3 heteroatoms. The zero-order chi connectivity index (χ0) is 8.27. The van der Waals surface area contributed by atoms with E-state index in [-0.39, 0.29) is 12.4 Å². The van der Waals surface area contributed by atoms with E-state index in [1.54, 1.807) is 12.1 Å². The summed E-state index contributed by atoms with van der Waals surface area (Å²) in [4.78, 5) is 3.16. The molecule has 0 saturated carbocycles. The summed E-state index contributed by atoms with van der Waals surface area (Å²) in [5, 5.41) is 0. The Morgan fingerprint density at radius 1 is 1.55 bits per heavy atom. The highest BCUT2D eigenvalue weighted by molar-refractivity contribution is 9.10. The topological polar surface area (TPSA) is 4.36 Å². The van der Waals surface area contributed by atoms with Gasteiger partial charge in [-0.15, -0.1) is 0 Å². The maximum atomic E-state index is 12.8. The van der Waals surface area contributed by atoms with Crippen molar-refractivity contribution >= 4 is 15.9 Å². The van der Waals surface area contributed by atoms with Gasteiger partial charge in [-0.05, 0) is 22.0 Å². The van der Waals surface area contributed by atoms with Crippen molar-refractivity contribution in [2.75, 3.05) is 0 Å². The average molecular weight is 214 g/mol. The molecule has 0 fully saturated rings. The molecule has 1 nitrogen and oxygen atoms in total. The molecule has 1 aromatic carbocycles. The maximum absolute atomic E-state index is 12.8. The fourth-order valence-electron chi connectivity index (χ4n) is 0.756. The fraction of sp³-hybridized carbons (Fsp3) is 0.125. The molecule has 0 saturated heterocycles. The van der Waals surface area contributed by atoms with Crippen LogP contribution in [-0.4, -0.2) is 0 Å².